The second-order valence-electron chi connectivity index (χ2n) is 8.12. The summed E-state index contributed by atoms with van der Waals surface area (Å²) in [5.41, 5.74) is 12.9. The van der Waals surface area contributed by atoms with Gasteiger partial charge in [-0.15, -0.1) is 0 Å². The molecule has 0 spiro atoms. The van der Waals surface area contributed by atoms with Crippen LogP contribution in [0.25, 0.3) is 11.1 Å². The first kappa shape index (κ1) is 21.1. The topological polar surface area (TPSA) is 56.8 Å². The summed E-state index contributed by atoms with van der Waals surface area (Å²) >= 11 is 0. The fourth-order valence-corrected chi connectivity index (χ4v) is 4.22. The molecule has 31 heavy (non-hydrogen) atoms. The summed E-state index contributed by atoms with van der Waals surface area (Å²) < 4.78 is 11.0. The molecule has 0 fully saturated rings. The molecule has 3 aromatic rings. The lowest BCUT2D eigenvalue weighted by Crippen LogP contribution is -2.17. The highest BCUT2D eigenvalue weighted by molar-refractivity contribution is 5.68. The summed E-state index contributed by atoms with van der Waals surface area (Å²) in [7, 11) is 1.59. The van der Waals surface area contributed by atoms with Crippen LogP contribution in [0.15, 0.2) is 71.7 Å². The Hall–Kier alpha value is -3.11. The summed E-state index contributed by atoms with van der Waals surface area (Å²) in [5, 5.41) is 0. The van der Waals surface area contributed by atoms with E-state index in [0.717, 1.165) is 59.9 Å². The molecule has 0 saturated heterocycles. The van der Waals surface area contributed by atoms with Crippen LogP contribution in [0, 0.1) is 5.92 Å². The van der Waals surface area contributed by atoms with Crippen LogP contribution in [0.5, 0.6) is 5.75 Å². The first-order chi connectivity index (χ1) is 15.2. The van der Waals surface area contributed by atoms with Crippen molar-refractivity contribution in [3.05, 3.63) is 83.4 Å². The molecule has 2 N–H and O–H groups in total. The van der Waals surface area contributed by atoms with E-state index >= 15 is 0 Å². The Bertz CT molecular complexity index is 1030. The zero-order valence-corrected chi connectivity index (χ0v) is 18.1. The van der Waals surface area contributed by atoms with Crippen LogP contribution < -0.4 is 10.5 Å². The third kappa shape index (κ3) is 5.53. The Kier molecular flexibility index (Phi) is 7.00. The molecule has 4 rings (SSSR count). The minimum absolute atomic E-state index is 0.563. The maximum absolute atomic E-state index is 6.09. The molecule has 4 heteroatoms. The van der Waals surface area contributed by atoms with Gasteiger partial charge in [0.1, 0.15) is 12.4 Å². The molecule has 0 radical (unpaired) electrons. The number of nitrogens with zero attached hydrogens (tertiary/aromatic N) is 1. The van der Waals surface area contributed by atoms with E-state index in [9.17, 15) is 0 Å². The van der Waals surface area contributed by atoms with Gasteiger partial charge in [0.05, 0.1) is 12.8 Å². The summed E-state index contributed by atoms with van der Waals surface area (Å²) in [5.74, 6) is 1.68. The van der Waals surface area contributed by atoms with Gasteiger partial charge in [0.2, 0.25) is 0 Å². The highest BCUT2D eigenvalue weighted by Crippen LogP contribution is 2.30. The van der Waals surface area contributed by atoms with Gasteiger partial charge in [-0.1, -0.05) is 42.5 Å². The lowest BCUT2D eigenvalue weighted by molar-refractivity contribution is 0.305. The van der Waals surface area contributed by atoms with E-state index in [1.165, 1.54) is 23.9 Å². The molecule has 0 bridgehead atoms. The van der Waals surface area contributed by atoms with Crippen molar-refractivity contribution in [1.29, 1.82) is 0 Å². The van der Waals surface area contributed by atoms with Crippen LogP contribution in [0.4, 0.5) is 5.69 Å². The highest BCUT2D eigenvalue weighted by atomic mass is 16.5. The van der Waals surface area contributed by atoms with Gasteiger partial charge in [0.25, 0.3) is 0 Å². The zero-order chi connectivity index (χ0) is 21.5. The van der Waals surface area contributed by atoms with Crippen molar-refractivity contribution in [3.63, 3.8) is 0 Å². The van der Waals surface area contributed by atoms with Crippen molar-refractivity contribution in [2.75, 3.05) is 13.7 Å². The first-order valence-corrected chi connectivity index (χ1v) is 10.9. The van der Waals surface area contributed by atoms with Crippen LogP contribution in [-0.4, -0.2) is 20.1 Å². The van der Waals surface area contributed by atoms with Crippen LogP contribution in [0.1, 0.15) is 29.5 Å². The SMILES string of the molecule is COC=Nc1cccc(-c2ccc(COc3ccc4c(c3)CCC(CCN)C4)cc2)c1. The second-order valence-corrected chi connectivity index (χ2v) is 8.12. The van der Waals surface area contributed by atoms with Crippen LogP contribution in [0.3, 0.4) is 0 Å². The van der Waals surface area contributed by atoms with E-state index in [-0.39, 0.29) is 0 Å². The molecule has 1 aliphatic rings. The number of benzene rings is 3. The van der Waals surface area contributed by atoms with Crippen LogP contribution in [0.2, 0.25) is 0 Å². The largest absolute Gasteiger partial charge is 0.489 e. The van der Waals surface area contributed by atoms with Gasteiger partial charge < -0.3 is 15.2 Å². The lowest BCUT2D eigenvalue weighted by atomic mass is 9.82. The molecule has 1 unspecified atom stereocenters. The third-order valence-corrected chi connectivity index (χ3v) is 5.93. The second kappa shape index (κ2) is 10.3. The molecule has 160 valence electrons. The Labute approximate surface area is 184 Å². The highest BCUT2D eigenvalue weighted by Gasteiger charge is 2.18. The first-order valence-electron chi connectivity index (χ1n) is 10.9. The maximum atomic E-state index is 6.09. The third-order valence-electron chi connectivity index (χ3n) is 5.93. The fourth-order valence-electron chi connectivity index (χ4n) is 4.22. The molecule has 0 saturated carbocycles. The number of ether oxygens (including phenoxy) is 2. The summed E-state index contributed by atoms with van der Waals surface area (Å²) in [4.78, 5) is 4.26. The van der Waals surface area contributed by atoms with Crippen molar-refractivity contribution < 1.29 is 9.47 Å². The number of aryl methyl sites for hydroxylation is 1. The minimum atomic E-state index is 0.563. The van der Waals surface area contributed by atoms with Crippen molar-refractivity contribution >= 4 is 12.1 Å². The van der Waals surface area contributed by atoms with E-state index in [4.69, 9.17) is 15.2 Å². The molecule has 1 aliphatic carbocycles. The lowest BCUT2D eigenvalue weighted by Gasteiger charge is -2.24. The summed E-state index contributed by atoms with van der Waals surface area (Å²) in [6.45, 7) is 1.35. The molecule has 0 aromatic heterocycles. The van der Waals surface area contributed by atoms with Gasteiger partial charge in [-0.2, -0.15) is 0 Å². The maximum Gasteiger partial charge on any atom is 0.174 e. The fraction of sp³-hybridized carbons (Fsp3) is 0.296. The monoisotopic (exact) mass is 414 g/mol. The van der Waals surface area contributed by atoms with E-state index in [1.807, 2.05) is 18.2 Å². The normalized spacial score (nSPS) is 15.6. The van der Waals surface area contributed by atoms with Gasteiger partial charge >= 0.3 is 0 Å². The Morgan fingerprint density at radius 3 is 2.68 bits per heavy atom. The Balaban J connectivity index is 1.37. The Morgan fingerprint density at radius 1 is 1.00 bits per heavy atom. The molecule has 1 atom stereocenters. The molecule has 0 aliphatic heterocycles. The average molecular weight is 415 g/mol. The molecular weight excluding hydrogens is 384 g/mol. The molecule has 4 nitrogen and oxygen atoms in total. The number of fused-ring (bicyclic) bond motifs is 1. The molecule has 3 aromatic carbocycles. The Morgan fingerprint density at radius 2 is 1.87 bits per heavy atom. The quantitative estimate of drug-likeness (QED) is 0.380. The standard InChI is InChI=1S/C27H30N2O2/c1-30-19-29-26-4-2-3-23(16-26)22-8-6-21(7-9-22)18-31-27-12-11-24-15-20(13-14-28)5-10-25(24)17-27/h2-4,6-9,11-12,16-17,19-20H,5,10,13-15,18,28H2,1H3. The van der Waals surface area contributed by atoms with E-state index in [1.54, 1.807) is 7.11 Å². The predicted octanol–water partition coefficient (Wildman–Crippen LogP) is 5.69. The molecule has 0 amide bonds. The average Bonchev–Trinajstić information content (AvgIpc) is 2.82. The number of hydrogen-bond donors (Lipinski definition) is 1. The molecule has 0 heterocycles. The van der Waals surface area contributed by atoms with E-state index in [2.05, 4.69) is 53.5 Å². The van der Waals surface area contributed by atoms with Gasteiger partial charge in [0.15, 0.2) is 6.40 Å². The van der Waals surface area contributed by atoms with Crippen molar-refractivity contribution in [3.8, 4) is 16.9 Å². The predicted molar refractivity (Wildman–Crippen MR) is 127 cm³/mol. The van der Waals surface area contributed by atoms with Gasteiger partial charge in [0, 0.05) is 0 Å². The number of hydrogen-bond acceptors (Lipinski definition) is 4. The number of methoxy groups -OCH3 is 1. The van der Waals surface area contributed by atoms with Crippen LogP contribution >= 0.6 is 0 Å². The van der Waals surface area contributed by atoms with Gasteiger partial charge in [-0.3, -0.25) is 0 Å². The van der Waals surface area contributed by atoms with Crippen LogP contribution in [-0.2, 0) is 24.2 Å². The molecular formula is C27H30N2O2. The number of aliphatic imine (C=N–C) groups is 1. The zero-order valence-electron chi connectivity index (χ0n) is 18.1. The van der Waals surface area contributed by atoms with Crippen molar-refractivity contribution in [2.24, 2.45) is 16.6 Å². The summed E-state index contributed by atoms with van der Waals surface area (Å²) in [6.07, 6.45) is 6.07. The van der Waals surface area contributed by atoms with Gasteiger partial charge in [-0.05, 0) is 90.2 Å². The smallest absolute Gasteiger partial charge is 0.174 e. The van der Waals surface area contributed by atoms with Gasteiger partial charge in [-0.25, -0.2) is 4.99 Å². The van der Waals surface area contributed by atoms with Crippen molar-refractivity contribution in [1.82, 2.24) is 0 Å². The minimum Gasteiger partial charge on any atom is -0.489 e. The summed E-state index contributed by atoms with van der Waals surface area (Å²) in [6, 6.07) is 23.1. The number of rotatable bonds is 8. The van der Waals surface area contributed by atoms with E-state index in [0.29, 0.717) is 6.61 Å². The van der Waals surface area contributed by atoms with E-state index < -0.39 is 0 Å². The number of nitrogens with two attached hydrogens (primary N) is 1. The van der Waals surface area contributed by atoms with Crippen molar-refractivity contribution in [2.45, 2.75) is 32.3 Å².